The number of sulfonamides is 1. The first-order valence-corrected chi connectivity index (χ1v) is 6.66. The highest BCUT2D eigenvalue weighted by Gasteiger charge is 2.17. The molecule has 0 radical (unpaired) electrons. The third kappa shape index (κ3) is 2.65. The molecule has 0 spiro atoms. The minimum Gasteiger partial charge on any atom is -0.336 e. The molecule has 0 aliphatic carbocycles. The van der Waals surface area contributed by atoms with Crippen LogP contribution in [0.4, 0.5) is 10.1 Å². The Morgan fingerprint density at radius 2 is 2.17 bits per heavy atom. The number of aryl methyl sites for hydroxylation is 1. The maximum Gasteiger partial charge on any atom is 0.280 e. The van der Waals surface area contributed by atoms with Crippen molar-refractivity contribution in [2.24, 2.45) is 0 Å². The van der Waals surface area contributed by atoms with Gasteiger partial charge in [-0.25, -0.2) is 9.97 Å². The highest BCUT2D eigenvalue weighted by molar-refractivity contribution is 7.92. The Morgan fingerprint density at radius 3 is 2.72 bits per heavy atom. The number of anilines is 1. The van der Waals surface area contributed by atoms with Crippen LogP contribution in [0, 0.1) is 5.95 Å². The maximum atomic E-state index is 12.6. The predicted octanol–water partition coefficient (Wildman–Crippen LogP) is 1.24. The smallest absolute Gasteiger partial charge is 0.280 e. The number of imidazole rings is 1. The molecule has 8 heteroatoms. The molecule has 2 rings (SSSR count). The van der Waals surface area contributed by atoms with Crippen LogP contribution in [0.15, 0.2) is 35.9 Å². The van der Waals surface area contributed by atoms with E-state index >= 15 is 0 Å². The summed E-state index contributed by atoms with van der Waals surface area (Å²) in [5.74, 6) is -0.673. The van der Waals surface area contributed by atoms with Gasteiger partial charge in [0.2, 0.25) is 5.95 Å². The van der Waals surface area contributed by atoms with Crippen molar-refractivity contribution >= 4 is 15.7 Å². The average Bonchev–Trinajstić information content (AvgIpc) is 2.81. The molecule has 0 aliphatic rings. The van der Waals surface area contributed by atoms with E-state index in [1.165, 1.54) is 18.6 Å². The molecule has 0 fully saturated rings. The third-order valence-corrected chi connectivity index (χ3v) is 3.50. The van der Waals surface area contributed by atoms with Crippen LogP contribution in [0.2, 0.25) is 0 Å². The summed E-state index contributed by atoms with van der Waals surface area (Å²) < 4.78 is 40.3. The fraction of sp³-hybridized carbons (Fsp3) is 0.200. The van der Waals surface area contributed by atoms with E-state index in [2.05, 4.69) is 14.7 Å². The molecule has 0 atom stereocenters. The van der Waals surface area contributed by atoms with Crippen molar-refractivity contribution in [3.8, 4) is 0 Å². The zero-order valence-corrected chi connectivity index (χ0v) is 10.4. The molecule has 1 N–H and O–H groups in total. The SMILES string of the molecule is CCn1cnc(S(=O)(=O)Nc2ccc(F)nc2)c1. The van der Waals surface area contributed by atoms with Gasteiger partial charge in [-0.15, -0.1) is 0 Å². The van der Waals surface area contributed by atoms with Crippen molar-refractivity contribution < 1.29 is 12.8 Å². The van der Waals surface area contributed by atoms with E-state index in [9.17, 15) is 12.8 Å². The van der Waals surface area contributed by atoms with Crippen molar-refractivity contribution in [3.63, 3.8) is 0 Å². The quantitative estimate of drug-likeness (QED) is 0.848. The summed E-state index contributed by atoms with van der Waals surface area (Å²) in [5.41, 5.74) is 0.183. The normalized spacial score (nSPS) is 11.4. The Labute approximate surface area is 104 Å². The number of nitrogens with one attached hydrogen (secondary N) is 1. The van der Waals surface area contributed by atoms with E-state index < -0.39 is 16.0 Å². The van der Waals surface area contributed by atoms with Gasteiger partial charge >= 0.3 is 0 Å². The molecule has 96 valence electrons. The van der Waals surface area contributed by atoms with Crippen LogP contribution in [0.1, 0.15) is 6.92 Å². The van der Waals surface area contributed by atoms with Crippen molar-refractivity contribution in [1.82, 2.24) is 14.5 Å². The van der Waals surface area contributed by atoms with E-state index in [-0.39, 0.29) is 10.7 Å². The van der Waals surface area contributed by atoms with Gasteiger partial charge in [0.1, 0.15) is 0 Å². The molecule has 6 nitrogen and oxygen atoms in total. The van der Waals surface area contributed by atoms with Gasteiger partial charge in [-0.2, -0.15) is 12.8 Å². The van der Waals surface area contributed by atoms with Gasteiger partial charge in [0, 0.05) is 12.7 Å². The van der Waals surface area contributed by atoms with Gasteiger partial charge in [0.25, 0.3) is 10.0 Å². The lowest BCUT2D eigenvalue weighted by Gasteiger charge is -2.04. The Balaban J connectivity index is 2.24. The zero-order valence-electron chi connectivity index (χ0n) is 9.54. The Hall–Kier alpha value is -1.96. The Bertz CT molecular complexity index is 636. The van der Waals surface area contributed by atoms with Crippen LogP contribution in [-0.4, -0.2) is 23.0 Å². The monoisotopic (exact) mass is 270 g/mol. The highest BCUT2D eigenvalue weighted by Crippen LogP contribution is 2.13. The van der Waals surface area contributed by atoms with Crippen LogP contribution >= 0.6 is 0 Å². The molecule has 0 saturated carbocycles. The van der Waals surface area contributed by atoms with Crippen LogP contribution in [0.5, 0.6) is 0 Å². The zero-order chi connectivity index (χ0) is 13.2. The predicted molar refractivity (Wildman–Crippen MR) is 62.9 cm³/mol. The minimum atomic E-state index is -3.76. The van der Waals surface area contributed by atoms with E-state index in [0.29, 0.717) is 6.54 Å². The van der Waals surface area contributed by atoms with Gasteiger partial charge < -0.3 is 4.57 Å². The largest absolute Gasteiger partial charge is 0.336 e. The number of nitrogens with zero attached hydrogens (tertiary/aromatic N) is 3. The van der Waals surface area contributed by atoms with Gasteiger partial charge in [0.05, 0.1) is 18.2 Å². The summed E-state index contributed by atoms with van der Waals surface area (Å²) in [5, 5.41) is -0.0892. The number of hydrogen-bond acceptors (Lipinski definition) is 4. The molecule has 0 bridgehead atoms. The van der Waals surface area contributed by atoms with E-state index in [1.807, 2.05) is 6.92 Å². The molecule has 0 aliphatic heterocycles. The van der Waals surface area contributed by atoms with Crippen LogP contribution in [0.3, 0.4) is 0 Å². The van der Waals surface area contributed by atoms with Crippen molar-refractivity contribution in [1.29, 1.82) is 0 Å². The summed E-state index contributed by atoms with van der Waals surface area (Å²) in [7, 11) is -3.76. The van der Waals surface area contributed by atoms with Gasteiger partial charge in [0.15, 0.2) is 5.03 Å². The second-order valence-corrected chi connectivity index (χ2v) is 5.15. The standard InChI is InChI=1S/C10H11FN4O2S/c1-2-15-6-10(13-7-15)18(16,17)14-8-3-4-9(11)12-5-8/h3-7,14H,2H2,1H3. The fourth-order valence-electron chi connectivity index (χ4n) is 1.29. The van der Waals surface area contributed by atoms with Crippen molar-refractivity contribution in [3.05, 3.63) is 36.8 Å². The minimum absolute atomic E-state index is 0.0892. The molecule has 2 aromatic heterocycles. The van der Waals surface area contributed by atoms with Crippen molar-refractivity contribution in [2.45, 2.75) is 18.5 Å². The number of aromatic nitrogens is 3. The van der Waals surface area contributed by atoms with Gasteiger partial charge in [-0.05, 0) is 19.1 Å². The molecule has 2 heterocycles. The van der Waals surface area contributed by atoms with Gasteiger partial charge in [-0.3, -0.25) is 4.72 Å². The lowest BCUT2D eigenvalue weighted by atomic mass is 10.4. The van der Waals surface area contributed by atoms with E-state index in [0.717, 1.165) is 12.3 Å². The first-order valence-electron chi connectivity index (χ1n) is 5.17. The molecule has 18 heavy (non-hydrogen) atoms. The number of hydrogen-bond donors (Lipinski definition) is 1. The average molecular weight is 270 g/mol. The Morgan fingerprint density at radius 1 is 1.39 bits per heavy atom. The maximum absolute atomic E-state index is 12.6. The Kier molecular flexibility index (Phi) is 3.28. The second-order valence-electron chi connectivity index (χ2n) is 3.52. The summed E-state index contributed by atoms with van der Waals surface area (Å²) in [6, 6.07) is 2.36. The van der Waals surface area contributed by atoms with Crippen LogP contribution in [-0.2, 0) is 16.6 Å². The first kappa shape index (κ1) is 12.5. The lowest BCUT2D eigenvalue weighted by molar-refractivity contribution is 0.583. The summed E-state index contributed by atoms with van der Waals surface area (Å²) >= 11 is 0. The summed E-state index contributed by atoms with van der Waals surface area (Å²) in [6.45, 7) is 2.50. The van der Waals surface area contributed by atoms with Crippen molar-refractivity contribution in [2.75, 3.05) is 4.72 Å². The number of pyridine rings is 1. The molecule has 0 amide bonds. The number of halogens is 1. The topological polar surface area (TPSA) is 76.9 Å². The molecule has 0 saturated heterocycles. The van der Waals surface area contributed by atoms with Crippen LogP contribution < -0.4 is 4.72 Å². The van der Waals surface area contributed by atoms with E-state index in [1.54, 1.807) is 4.57 Å². The second kappa shape index (κ2) is 4.73. The fourth-order valence-corrected chi connectivity index (χ4v) is 2.29. The van der Waals surface area contributed by atoms with E-state index in [4.69, 9.17) is 0 Å². The molecule has 2 aromatic rings. The highest BCUT2D eigenvalue weighted by atomic mass is 32.2. The molecule has 0 aromatic carbocycles. The molecule has 0 unspecified atom stereocenters. The van der Waals surface area contributed by atoms with Gasteiger partial charge in [-0.1, -0.05) is 0 Å². The van der Waals surface area contributed by atoms with Crippen LogP contribution in [0.25, 0.3) is 0 Å². The lowest BCUT2D eigenvalue weighted by Crippen LogP contribution is -2.13. The summed E-state index contributed by atoms with van der Waals surface area (Å²) in [4.78, 5) is 7.15. The molecular weight excluding hydrogens is 259 g/mol. The summed E-state index contributed by atoms with van der Waals surface area (Å²) in [6.07, 6.45) is 3.94. The third-order valence-electron chi connectivity index (χ3n) is 2.23. The molecular formula is C10H11FN4O2S. The number of rotatable bonds is 4. The first-order chi connectivity index (χ1) is 8.51.